The van der Waals surface area contributed by atoms with Crippen LogP contribution in [0.3, 0.4) is 0 Å². The molecule has 0 aromatic heterocycles. The highest BCUT2D eigenvalue weighted by Gasteiger charge is 2.09. The molecular formula is C37H62N2. The molecule has 0 fully saturated rings. The van der Waals surface area contributed by atoms with Crippen molar-refractivity contribution >= 4 is 11.4 Å². The zero-order chi connectivity index (χ0) is 28.0. The number of hydrogen-bond donors (Lipinski definition) is 0. The van der Waals surface area contributed by atoms with Crippen molar-refractivity contribution in [2.45, 2.75) is 137 Å². The first-order chi connectivity index (χ1) is 19.2. The molecule has 2 aromatic rings. The lowest BCUT2D eigenvalue weighted by Crippen LogP contribution is -2.25. The maximum absolute atomic E-state index is 2.64. The third-order valence-electron chi connectivity index (χ3n) is 8.14. The molecule has 220 valence electrons. The second-order valence-electron chi connectivity index (χ2n) is 11.7. The van der Waals surface area contributed by atoms with Crippen LogP contribution in [0.15, 0.2) is 48.5 Å². The molecule has 0 unspecified atom stereocenters. The van der Waals surface area contributed by atoms with Crippen LogP contribution in [0.2, 0.25) is 0 Å². The van der Waals surface area contributed by atoms with E-state index in [0.717, 1.165) is 6.42 Å². The van der Waals surface area contributed by atoms with E-state index in [1.807, 2.05) is 0 Å². The van der Waals surface area contributed by atoms with E-state index in [2.05, 4.69) is 86.0 Å². The first-order valence-electron chi connectivity index (χ1n) is 16.9. The van der Waals surface area contributed by atoms with Crippen molar-refractivity contribution in [1.29, 1.82) is 0 Å². The van der Waals surface area contributed by atoms with E-state index in [-0.39, 0.29) is 0 Å². The highest BCUT2D eigenvalue weighted by atomic mass is 15.1. The van der Waals surface area contributed by atoms with Crippen molar-refractivity contribution in [1.82, 2.24) is 0 Å². The van der Waals surface area contributed by atoms with Crippen LogP contribution in [0.25, 0.3) is 0 Å². The van der Waals surface area contributed by atoms with E-state index >= 15 is 0 Å². The van der Waals surface area contributed by atoms with Gasteiger partial charge in [-0.15, -0.1) is 0 Å². The molecule has 0 atom stereocenters. The summed E-state index contributed by atoms with van der Waals surface area (Å²) in [5, 5.41) is 0. The van der Waals surface area contributed by atoms with E-state index < -0.39 is 0 Å². The normalized spacial score (nSPS) is 11.2. The quantitative estimate of drug-likeness (QED) is 0.124. The van der Waals surface area contributed by atoms with E-state index in [4.69, 9.17) is 0 Å². The zero-order valence-electron chi connectivity index (χ0n) is 26.4. The Balaban J connectivity index is 1.97. The van der Waals surface area contributed by atoms with Gasteiger partial charge in [0.1, 0.15) is 0 Å². The molecular weight excluding hydrogens is 472 g/mol. The van der Waals surface area contributed by atoms with Crippen LogP contribution in [0.4, 0.5) is 11.4 Å². The van der Waals surface area contributed by atoms with E-state index in [0.29, 0.717) is 0 Å². The lowest BCUT2D eigenvalue weighted by atomic mass is 10.0. The van der Waals surface area contributed by atoms with Gasteiger partial charge in [-0.1, -0.05) is 129 Å². The Morgan fingerprint density at radius 1 is 0.359 bits per heavy atom. The number of unbranched alkanes of at least 4 members (excludes halogenated alkanes) is 12. The molecule has 39 heavy (non-hydrogen) atoms. The van der Waals surface area contributed by atoms with E-state index in [1.54, 1.807) is 0 Å². The minimum Gasteiger partial charge on any atom is -0.372 e. The maximum Gasteiger partial charge on any atom is 0.0366 e. The average Bonchev–Trinajstić information content (AvgIpc) is 2.96. The van der Waals surface area contributed by atoms with Gasteiger partial charge in [-0.2, -0.15) is 0 Å². The molecule has 2 aromatic carbocycles. The van der Waals surface area contributed by atoms with Crippen LogP contribution < -0.4 is 9.80 Å². The fourth-order valence-electron chi connectivity index (χ4n) is 5.54. The molecule has 0 aliphatic heterocycles. The average molecular weight is 535 g/mol. The minimum absolute atomic E-state index is 1.01. The second kappa shape index (κ2) is 21.8. The fourth-order valence-corrected chi connectivity index (χ4v) is 5.54. The lowest BCUT2D eigenvalue weighted by Gasteiger charge is -2.26. The van der Waals surface area contributed by atoms with Gasteiger partial charge in [0.2, 0.25) is 0 Å². The number of anilines is 2. The zero-order valence-corrected chi connectivity index (χ0v) is 26.4. The second-order valence-corrected chi connectivity index (χ2v) is 11.7. The summed E-state index contributed by atoms with van der Waals surface area (Å²) < 4.78 is 0. The molecule has 2 heteroatoms. The van der Waals surface area contributed by atoms with Crippen molar-refractivity contribution in [2.75, 3.05) is 36.0 Å². The molecule has 0 saturated heterocycles. The Morgan fingerprint density at radius 3 is 0.897 bits per heavy atom. The third-order valence-corrected chi connectivity index (χ3v) is 8.14. The van der Waals surface area contributed by atoms with Crippen LogP contribution in [-0.2, 0) is 6.42 Å². The summed E-state index contributed by atoms with van der Waals surface area (Å²) in [6, 6.07) is 18.9. The maximum atomic E-state index is 2.64. The number of nitrogens with zero attached hydrogens (tertiary/aromatic N) is 2. The molecule has 0 spiro atoms. The van der Waals surface area contributed by atoms with Crippen LogP contribution in [0.5, 0.6) is 0 Å². The fraction of sp³-hybridized carbons (Fsp3) is 0.676. The molecule has 0 bridgehead atoms. The van der Waals surface area contributed by atoms with Gasteiger partial charge < -0.3 is 9.80 Å². The summed E-state index contributed by atoms with van der Waals surface area (Å²) in [5.74, 6) is 0. The monoisotopic (exact) mass is 534 g/mol. The molecule has 0 heterocycles. The molecule has 0 aliphatic carbocycles. The summed E-state index contributed by atoms with van der Waals surface area (Å²) in [5.41, 5.74) is 5.64. The van der Waals surface area contributed by atoms with E-state index in [9.17, 15) is 0 Å². The summed E-state index contributed by atoms with van der Waals surface area (Å²) in [6.45, 7) is 14.0. The SMILES string of the molecule is CCCCCCN(CCCCCC)c1ccc(Cc2ccc(N(CCCCCC)CCCCCC)cc2)cc1. The Labute approximate surface area is 243 Å². The Bertz CT molecular complexity index is 717. The van der Waals surface area contributed by atoms with Gasteiger partial charge in [-0.25, -0.2) is 0 Å². The molecule has 0 amide bonds. The minimum atomic E-state index is 1.01. The van der Waals surface area contributed by atoms with Crippen molar-refractivity contribution in [3.8, 4) is 0 Å². The van der Waals surface area contributed by atoms with Gasteiger partial charge in [0.25, 0.3) is 0 Å². The number of rotatable bonds is 24. The standard InChI is InChI=1S/C37H62N2/c1-5-9-13-17-29-38(30-18-14-10-6-2)36-25-21-34(22-26-36)33-35-23-27-37(28-24-35)39(31-19-15-11-7-3)32-20-16-12-8-4/h21-28H,5-20,29-33H2,1-4H3. The molecule has 2 rings (SSSR count). The first-order valence-corrected chi connectivity index (χ1v) is 16.9. The smallest absolute Gasteiger partial charge is 0.0366 e. The molecule has 0 radical (unpaired) electrons. The van der Waals surface area contributed by atoms with Gasteiger partial charge in [0.15, 0.2) is 0 Å². The largest absolute Gasteiger partial charge is 0.372 e. The summed E-state index contributed by atoms with van der Waals surface area (Å²) in [4.78, 5) is 5.28. The topological polar surface area (TPSA) is 6.48 Å². The molecule has 0 N–H and O–H groups in total. The summed E-state index contributed by atoms with van der Waals surface area (Å²) in [6.07, 6.45) is 22.3. The van der Waals surface area contributed by atoms with Crippen LogP contribution in [-0.4, -0.2) is 26.2 Å². The summed E-state index contributed by atoms with van der Waals surface area (Å²) in [7, 11) is 0. The van der Waals surface area contributed by atoms with E-state index in [1.165, 1.54) is 151 Å². The third kappa shape index (κ3) is 14.3. The Hall–Kier alpha value is -1.96. The van der Waals surface area contributed by atoms with Crippen LogP contribution >= 0.6 is 0 Å². The van der Waals surface area contributed by atoms with Crippen molar-refractivity contribution in [3.63, 3.8) is 0 Å². The van der Waals surface area contributed by atoms with Crippen LogP contribution in [0, 0.1) is 0 Å². The Morgan fingerprint density at radius 2 is 0.641 bits per heavy atom. The first kappa shape index (κ1) is 33.2. The highest BCUT2D eigenvalue weighted by molar-refractivity contribution is 5.50. The summed E-state index contributed by atoms with van der Waals surface area (Å²) >= 11 is 0. The van der Waals surface area contributed by atoms with Crippen molar-refractivity contribution in [3.05, 3.63) is 59.7 Å². The van der Waals surface area contributed by atoms with Gasteiger partial charge >= 0.3 is 0 Å². The number of hydrogen-bond acceptors (Lipinski definition) is 2. The molecule has 0 saturated carbocycles. The van der Waals surface area contributed by atoms with Crippen molar-refractivity contribution < 1.29 is 0 Å². The molecule has 2 nitrogen and oxygen atoms in total. The lowest BCUT2D eigenvalue weighted by molar-refractivity contribution is 0.609. The van der Waals surface area contributed by atoms with Gasteiger partial charge in [0, 0.05) is 37.6 Å². The van der Waals surface area contributed by atoms with Crippen molar-refractivity contribution in [2.24, 2.45) is 0 Å². The number of benzene rings is 2. The van der Waals surface area contributed by atoms with Crippen LogP contribution in [0.1, 0.15) is 142 Å². The highest BCUT2D eigenvalue weighted by Crippen LogP contribution is 2.22. The molecule has 0 aliphatic rings. The van der Waals surface area contributed by atoms with Gasteiger partial charge in [0.05, 0.1) is 0 Å². The van der Waals surface area contributed by atoms with Gasteiger partial charge in [-0.05, 0) is 67.5 Å². The van der Waals surface area contributed by atoms with Gasteiger partial charge in [-0.3, -0.25) is 0 Å². The Kier molecular flexibility index (Phi) is 18.6. The predicted molar refractivity (Wildman–Crippen MR) is 177 cm³/mol. The predicted octanol–water partition coefficient (Wildman–Crippen LogP) is 11.2.